The molecule has 4 nitrogen and oxygen atoms in total. The van der Waals surface area contributed by atoms with Crippen molar-refractivity contribution in [2.75, 3.05) is 19.5 Å². The van der Waals surface area contributed by atoms with E-state index in [1.54, 1.807) is 30.2 Å². The Morgan fingerprint density at radius 2 is 2.50 bits per heavy atom. The van der Waals surface area contributed by atoms with E-state index in [2.05, 4.69) is 9.38 Å². The summed E-state index contributed by atoms with van der Waals surface area (Å²) in [4.78, 5) is 5.59. The molecule has 0 spiro atoms. The van der Waals surface area contributed by atoms with Gasteiger partial charge >= 0.3 is 0 Å². The molecule has 0 saturated heterocycles. The average Bonchev–Trinajstić information content (AvgIpc) is 2.84. The van der Waals surface area contributed by atoms with E-state index in [4.69, 9.17) is 10.5 Å². The molecule has 0 saturated carbocycles. The number of rotatable bonds is 6. The summed E-state index contributed by atoms with van der Waals surface area (Å²) in [6.07, 6.45) is 3.06. The van der Waals surface area contributed by atoms with E-state index in [0.29, 0.717) is 6.54 Å². The molecule has 0 aliphatic rings. The minimum atomic E-state index is 0.532. The molecule has 0 aliphatic heterocycles. The second kappa shape index (κ2) is 5.67. The second-order valence-corrected chi connectivity index (χ2v) is 5.27. The highest BCUT2D eigenvalue weighted by Crippen LogP contribution is 2.25. The van der Waals surface area contributed by atoms with Gasteiger partial charge in [-0.15, -0.1) is 23.1 Å². The van der Waals surface area contributed by atoms with Gasteiger partial charge in [-0.3, -0.25) is 4.40 Å². The van der Waals surface area contributed by atoms with Gasteiger partial charge in [0.25, 0.3) is 0 Å². The minimum Gasteiger partial charge on any atom is -0.385 e. The topological polar surface area (TPSA) is 52.5 Å². The van der Waals surface area contributed by atoms with Crippen LogP contribution in [0.15, 0.2) is 16.6 Å². The Morgan fingerprint density at radius 1 is 1.62 bits per heavy atom. The number of imidazole rings is 1. The summed E-state index contributed by atoms with van der Waals surface area (Å²) >= 11 is 3.40. The lowest BCUT2D eigenvalue weighted by atomic mass is 10.5. The molecule has 2 aromatic rings. The molecule has 0 aromatic carbocycles. The van der Waals surface area contributed by atoms with Crippen LogP contribution < -0.4 is 5.73 Å². The van der Waals surface area contributed by atoms with Crippen LogP contribution in [-0.4, -0.2) is 28.9 Å². The zero-order chi connectivity index (χ0) is 11.4. The van der Waals surface area contributed by atoms with Crippen molar-refractivity contribution in [2.45, 2.75) is 18.0 Å². The molecule has 0 aliphatic carbocycles. The van der Waals surface area contributed by atoms with Crippen molar-refractivity contribution in [3.63, 3.8) is 0 Å². The first-order valence-corrected chi connectivity index (χ1v) is 6.99. The summed E-state index contributed by atoms with van der Waals surface area (Å²) < 4.78 is 7.09. The summed E-state index contributed by atoms with van der Waals surface area (Å²) in [7, 11) is 1.72. The molecule has 2 N–H and O–H groups in total. The minimum absolute atomic E-state index is 0.532. The molecule has 16 heavy (non-hydrogen) atoms. The lowest BCUT2D eigenvalue weighted by Crippen LogP contribution is -2.01. The quantitative estimate of drug-likeness (QED) is 0.635. The Hall–Kier alpha value is -0.560. The molecule has 0 amide bonds. The van der Waals surface area contributed by atoms with Crippen LogP contribution in [0, 0.1) is 0 Å². The largest absolute Gasteiger partial charge is 0.385 e. The molecule has 2 heterocycles. The number of thiazole rings is 1. The molecular weight excluding hydrogens is 242 g/mol. The van der Waals surface area contributed by atoms with Gasteiger partial charge in [-0.25, -0.2) is 4.98 Å². The van der Waals surface area contributed by atoms with Gasteiger partial charge < -0.3 is 10.5 Å². The fourth-order valence-electron chi connectivity index (χ4n) is 1.49. The van der Waals surface area contributed by atoms with Crippen LogP contribution in [0.3, 0.4) is 0 Å². The molecule has 0 bridgehead atoms. The SMILES string of the molecule is COCCCSc1nc2sccn2c1CN. The van der Waals surface area contributed by atoms with Crippen molar-refractivity contribution in [2.24, 2.45) is 5.73 Å². The Labute approximate surface area is 103 Å². The third kappa shape index (κ3) is 2.40. The fraction of sp³-hybridized carbons (Fsp3) is 0.500. The van der Waals surface area contributed by atoms with Crippen LogP contribution >= 0.6 is 23.1 Å². The highest BCUT2D eigenvalue weighted by molar-refractivity contribution is 7.99. The third-order valence-electron chi connectivity index (χ3n) is 2.25. The highest BCUT2D eigenvalue weighted by Gasteiger charge is 2.11. The standard InChI is InChI=1S/C10H15N3OS2/c1-14-4-2-5-15-9-8(7-11)13-3-6-16-10(13)12-9/h3,6H,2,4-5,7,11H2,1H3. The van der Waals surface area contributed by atoms with E-state index in [-0.39, 0.29) is 0 Å². The van der Waals surface area contributed by atoms with Gasteiger partial charge in [0.2, 0.25) is 0 Å². The van der Waals surface area contributed by atoms with Crippen molar-refractivity contribution < 1.29 is 4.74 Å². The van der Waals surface area contributed by atoms with Crippen LogP contribution in [-0.2, 0) is 11.3 Å². The summed E-state index contributed by atoms with van der Waals surface area (Å²) in [6, 6.07) is 0. The smallest absolute Gasteiger partial charge is 0.194 e. The van der Waals surface area contributed by atoms with Crippen LogP contribution in [0.4, 0.5) is 0 Å². The van der Waals surface area contributed by atoms with Crippen molar-refractivity contribution in [3.8, 4) is 0 Å². The van der Waals surface area contributed by atoms with Gasteiger partial charge in [-0.1, -0.05) is 0 Å². The number of thioether (sulfide) groups is 1. The number of nitrogens with two attached hydrogens (primary N) is 1. The van der Waals surface area contributed by atoms with Crippen molar-refractivity contribution >= 4 is 28.1 Å². The summed E-state index contributed by atoms with van der Waals surface area (Å²) in [5.41, 5.74) is 6.87. The summed E-state index contributed by atoms with van der Waals surface area (Å²) in [6.45, 7) is 1.33. The number of aromatic nitrogens is 2. The molecular formula is C10H15N3OS2. The molecule has 0 atom stereocenters. The predicted octanol–water partition coefficient (Wildman–Crippen LogP) is 1.98. The normalized spacial score (nSPS) is 11.4. The van der Waals surface area contributed by atoms with Gasteiger partial charge in [0.15, 0.2) is 4.96 Å². The highest BCUT2D eigenvalue weighted by atomic mass is 32.2. The maximum atomic E-state index is 5.76. The van der Waals surface area contributed by atoms with E-state index in [1.165, 1.54) is 0 Å². The van der Waals surface area contributed by atoms with Crippen LogP contribution in [0.2, 0.25) is 0 Å². The van der Waals surface area contributed by atoms with Crippen molar-refractivity contribution in [3.05, 3.63) is 17.3 Å². The number of fused-ring (bicyclic) bond motifs is 1. The molecule has 6 heteroatoms. The van der Waals surface area contributed by atoms with Crippen LogP contribution in [0.5, 0.6) is 0 Å². The lowest BCUT2D eigenvalue weighted by Gasteiger charge is -2.00. The first-order chi connectivity index (χ1) is 7.86. The van der Waals surface area contributed by atoms with Crippen LogP contribution in [0.1, 0.15) is 12.1 Å². The molecule has 2 rings (SSSR count). The fourth-order valence-corrected chi connectivity index (χ4v) is 3.23. The van der Waals surface area contributed by atoms with Crippen LogP contribution in [0.25, 0.3) is 4.96 Å². The first kappa shape index (κ1) is 11.9. The van der Waals surface area contributed by atoms with Crippen molar-refractivity contribution in [1.82, 2.24) is 9.38 Å². The molecule has 0 fully saturated rings. The number of nitrogens with zero attached hydrogens (tertiary/aromatic N) is 2. The van der Waals surface area contributed by atoms with Gasteiger partial charge in [-0.05, 0) is 6.42 Å². The van der Waals surface area contributed by atoms with Gasteiger partial charge in [-0.2, -0.15) is 0 Å². The number of methoxy groups -OCH3 is 1. The summed E-state index contributed by atoms with van der Waals surface area (Å²) in [5, 5.41) is 3.09. The van der Waals surface area contributed by atoms with E-state index in [1.807, 2.05) is 11.6 Å². The Kier molecular flexibility index (Phi) is 4.22. The van der Waals surface area contributed by atoms with Crippen molar-refractivity contribution in [1.29, 1.82) is 0 Å². The Morgan fingerprint density at radius 3 is 3.25 bits per heavy atom. The van der Waals surface area contributed by atoms with Gasteiger partial charge in [0.05, 0.1) is 5.69 Å². The average molecular weight is 257 g/mol. The van der Waals surface area contributed by atoms with E-state index in [0.717, 1.165) is 34.5 Å². The first-order valence-electron chi connectivity index (χ1n) is 5.13. The third-order valence-corrected chi connectivity index (χ3v) is 4.10. The van der Waals surface area contributed by atoms with E-state index in [9.17, 15) is 0 Å². The maximum Gasteiger partial charge on any atom is 0.194 e. The number of hydrogen-bond donors (Lipinski definition) is 1. The zero-order valence-corrected chi connectivity index (χ0v) is 10.8. The molecule has 88 valence electrons. The zero-order valence-electron chi connectivity index (χ0n) is 9.18. The molecule has 2 aromatic heterocycles. The predicted molar refractivity (Wildman–Crippen MR) is 68.2 cm³/mol. The second-order valence-electron chi connectivity index (χ2n) is 3.32. The van der Waals surface area contributed by atoms with E-state index >= 15 is 0 Å². The molecule has 0 radical (unpaired) electrons. The van der Waals surface area contributed by atoms with Gasteiger partial charge in [0, 0.05) is 37.6 Å². The monoisotopic (exact) mass is 257 g/mol. The van der Waals surface area contributed by atoms with Gasteiger partial charge in [0.1, 0.15) is 5.03 Å². The Balaban J connectivity index is 2.07. The Bertz CT molecular complexity index is 452. The lowest BCUT2D eigenvalue weighted by molar-refractivity contribution is 0.200. The number of ether oxygens (including phenoxy) is 1. The van der Waals surface area contributed by atoms with E-state index < -0.39 is 0 Å². The number of hydrogen-bond acceptors (Lipinski definition) is 5. The molecule has 0 unspecified atom stereocenters. The summed E-state index contributed by atoms with van der Waals surface area (Å²) in [5.74, 6) is 1.02. The maximum absolute atomic E-state index is 5.76.